The van der Waals surface area contributed by atoms with Gasteiger partial charge in [0.25, 0.3) is 15.9 Å². The molecule has 2 N–H and O–H groups in total. The number of carbonyl (C=O) groups excluding carboxylic acids is 1. The zero-order chi connectivity index (χ0) is 25.5. The van der Waals surface area contributed by atoms with Crippen molar-refractivity contribution in [3.8, 4) is 11.5 Å². The van der Waals surface area contributed by atoms with Crippen LogP contribution in [0.3, 0.4) is 0 Å². The fourth-order valence-electron chi connectivity index (χ4n) is 3.71. The Morgan fingerprint density at radius 1 is 0.833 bits per heavy atom. The van der Waals surface area contributed by atoms with Gasteiger partial charge in [-0.05, 0) is 73.3 Å². The van der Waals surface area contributed by atoms with E-state index < -0.39 is 16.1 Å². The topological polar surface area (TPSA) is 93.7 Å². The Labute approximate surface area is 211 Å². The molecule has 0 saturated carbocycles. The van der Waals surface area contributed by atoms with Gasteiger partial charge in [0, 0.05) is 16.8 Å². The predicted molar refractivity (Wildman–Crippen MR) is 142 cm³/mol. The first-order valence-corrected chi connectivity index (χ1v) is 13.2. The van der Waals surface area contributed by atoms with Gasteiger partial charge in [-0.1, -0.05) is 43.3 Å². The summed E-state index contributed by atoms with van der Waals surface area (Å²) < 4.78 is 39.5. The summed E-state index contributed by atoms with van der Waals surface area (Å²) in [6.07, 6.45) is -0.242. The number of rotatable bonds is 10. The predicted octanol–water partition coefficient (Wildman–Crippen LogP) is 5.84. The first-order chi connectivity index (χ1) is 17.4. The number of benzene rings is 4. The summed E-state index contributed by atoms with van der Waals surface area (Å²) >= 11 is 0. The van der Waals surface area contributed by atoms with E-state index in [0.29, 0.717) is 35.9 Å². The second-order valence-corrected chi connectivity index (χ2v) is 9.75. The molecule has 1 amide bonds. The fourth-order valence-corrected chi connectivity index (χ4v) is 4.77. The van der Waals surface area contributed by atoms with Crippen LogP contribution in [0.25, 0.3) is 10.8 Å². The molecular formula is C28H28N2O5S. The molecule has 8 heteroatoms. The SMILES string of the molecule is CCOc1ccc(NS(=O)(=O)c2ccc(NC(=O)[C@H](CC)Oc3cccc4ccccc34)cc2)cc1. The van der Waals surface area contributed by atoms with Crippen molar-refractivity contribution in [3.63, 3.8) is 0 Å². The lowest BCUT2D eigenvalue weighted by Crippen LogP contribution is -2.32. The zero-order valence-corrected chi connectivity index (χ0v) is 20.9. The first kappa shape index (κ1) is 25.1. The molecule has 0 fully saturated rings. The zero-order valence-electron chi connectivity index (χ0n) is 20.1. The summed E-state index contributed by atoms with van der Waals surface area (Å²) in [5.74, 6) is 0.987. The van der Waals surface area contributed by atoms with Crippen molar-refractivity contribution >= 4 is 38.1 Å². The van der Waals surface area contributed by atoms with E-state index in [2.05, 4.69) is 10.0 Å². The third-order valence-electron chi connectivity index (χ3n) is 5.53. The molecule has 0 aliphatic heterocycles. The lowest BCUT2D eigenvalue weighted by Gasteiger charge is -2.18. The van der Waals surface area contributed by atoms with Crippen LogP contribution in [0, 0.1) is 0 Å². The normalized spacial score (nSPS) is 12.1. The standard InChI is InChI=1S/C28H28N2O5S/c1-3-26(35-27-11-7-9-20-8-5-6-10-25(20)27)28(31)29-21-14-18-24(19-15-21)36(32,33)30-22-12-16-23(17-13-22)34-4-2/h5-19,26,30H,3-4H2,1-2H3,(H,29,31)/t26-/m0/s1. The van der Waals surface area contributed by atoms with Crippen LogP contribution in [0.15, 0.2) is 95.9 Å². The quantitative estimate of drug-likeness (QED) is 0.283. The third kappa shape index (κ3) is 5.95. The van der Waals surface area contributed by atoms with Crippen LogP contribution in [-0.2, 0) is 14.8 Å². The van der Waals surface area contributed by atoms with Gasteiger partial charge in [-0.3, -0.25) is 9.52 Å². The second-order valence-electron chi connectivity index (χ2n) is 8.07. The smallest absolute Gasteiger partial charge is 0.265 e. The van der Waals surface area contributed by atoms with E-state index in [1.54, 1.807) is 36.4 Å². The van der Waals surface area contributed by atoms with Crippen LogP contribution < -0.4 is 19.5 Å². The fraction of sp³-hybridized carbons (Fsp3) is 0.179. The number of hydrogen-bond donors (Lipinski definition) is 2. The van der Waals surface area contributed by atoms with E-state index in [4.69, 9.17) is 9.47 Å². The Kier molecular flexibility index (Phi) is 7.75. The van der Waals surface area contributed by atoms with Crippen molar-refractivity contribution < 1.29 is 22.7 Å². The summed E-state index contributed by atoms with van der Waals surface area (Å²) in [4.78, 5) is 13.0. The maximum absolute atomic E-state index is 12.9. The van der Waals surface area contributed by atoms with Crippen molar-refractivity contribution in [2.45, 2.75) is 31.3 Å². The maximum Gasteiger partial charge on any atom is 0.265 e. The number of anilines is 2. The number of sulfonamides is 1. The number of carbonyl (C=O) groups is 1. The van der Waals surface area contributed by atoms with Gasteiger partial charge in [0.05, 0.1) is 11.5 Å². The second kappa shape index (κ2) is 11.1. The molecule has 1 atom stereocenters. The van der Waals surface area contributed by atoms with Crippen LogP contribution in [0.2, 0.25) is 0 Å². The molecule has 0 aliphatic rings. The molecule has 0 heterocycles. The molecule has 0 spiro atoms. The van der Waals surface area contributed by atoms with Gasteiger partial charge in [-0.15, -0.1) is 0 Å². The van der Waals surface area contributed by atoms with Crippen LogP contribution in [-0.4, -0.2) is 27.0 Å². The Morgan fingerprint density at radius 2 is 1.50 bits per heavy atom. The molecule has 0 unspecified atom stereocenters. The Bertz CT molecular complexity index is 1430. The molecule has 0 bridgehead atoms. The molecule has 0 aliphatic carbocycles. The van der Waals surface area contributed by atoms with E-state index >= 15 is 0 Å². The minimum absolute atomic E-state index is 0.0773. The molecule has 0 aromatic heterocycles. The monoisotopic (exact) mass is 504 g/mol. The highest BCUT2D eigenvalue weighted by molar-refractivity contribution is 7.92. The number of nitrogens with one attached hydrogen (secondary N) is 2. The van der Waals surface area contributed by atoms with Crippen molar-refractivity contribution in [2.24, 2.45) is 0 Å². The third-order valence-corrected chi connectivity index (χ3v) is 6.93. The van der Waals surface area contributed by atoms with Crippen LogP contribution in [0.5, 0.6) is 11.5 Å². The van der Waals surface area contributed by atoms with Gasteiger partial charge in [0.15, 0.2) is 6.10 Å². The number of amides is 1. The summed E-state index contributed by atoms with van der Waals surface area (Å²) in [7, 11) is -3.79. The molecule has 36 heavy (non-hydrogen) atoms. The molecule has 7 nitrogen and oxygen atoms in total. The van der Waals surface area contributed by atoms with Crippen LogP contribution >= 0.6 is 0 Å². The Balaban J connectivity index is 1.42. The summed E-state index contributed by atoms with van der Waals surface area (Å²) in [6.45, 7) is 4.28. The van der Waals surface area contributed by atoms with E-state index in [1.165, 1.54) is 12.1 Å². The number of fused-ring (bicyclic) bond motifs is 1. The highest BCUT2D eigenvalue weighted by atomic mass is 32.2. The average molecular weight is 505 g/mol. The van der Waals surface area contributed by atoms with Crippen molar-refractivity contribution in [1.29, 1.82) is 0 Å². The highest BCUT2D eigenvalue weighted by Crippen LogP contribution is 2.27. The van der Waals surface area contributed by atoms with Gasteiger partial charge in [0.1, 0.15) is 11.5 Å². The minimum atomic E-state index is -3.79. The lowest BCUT2D eigenvalue weighted by atomic mass is 10.1. The molecular weight excluding hydrogens is 476 g/mol. The Morgan fingerprint density at radius 3 is 2.19 bits per heavy atom. The van der Waals surface area contributed by atoms with Gasteiger partial charge in [-0.25, -0.2) is 8.42 Å². The number of hydrogen-bond acceptors (Lipinski definition) is 5. The summed E-state index contributed by atoms with van der Waals surface area (Å²) in [6, 6.07) is 26.2. The van der Waals surface area contributed by atoms with E-state index in [1.807, 2.05) is 56.3 Å². The van der Waals surface area contributed by atoms with Crippen molar-refractivity contribution in [2.75, 3.05) is 16.6 Å². The molecule has 0 radical (unpaired) electrons. The average Bonchev–Trinajstić information content (AvgIpc) is 2.88. The minimum Gasteiger partial charge on any atom is -0.494 e. The summed E-state index contributed by atoms with van der Waals surface area (Å²) in [5, 5.41) is 4.77. The maximum atomic E-state index is 12.9. The van der Waals surface area contributed by atoms with E-state index in [-0.39, 0.29) is 10.8 Å². The van der Waals surface area contributed by atoms with E-state index in [9.17, 15) is 13.2 Å². The molecule has 4 rings (SSSR count). The van der Waals surface area contributed by atoms with Gasteiger partial charge >= 0.3 is 0 Å². The highest BCUT2D eigenvalue weighted by Gasteiger charge is 2.20. The van der Waals surface area contributed by atoms with Gasteiger partial charge in [-0.2, -0.15) is 0 Å². The molecule has 4 aromatic carbocycles. The summed E-state index contributed by atoms with van der Waals surface area (Å²) in [5.41, 5.74) is 0.896. The largest absolute Gasteiger partial charge is 0.494 e. The lowest BCUT2D eigenvalue weighted by molar-refractivity contribution is -0.122. The van der Waals surface area contributed by atoms with Gasteiger partial charge < -0.3 is 14.8 Å². The van der Waals surface area contributed by atoms with Crippen LogP contribution in [0.4, 0.5) is 11.4 Å². The van der Waals surface area contributed by atoms with Crippen molar-refractivity contribution in [3.05, 3.63) is 91.0 Å². The molecule has 186 valence electrons. The Hall–Kier alpha value is -4.04. The van der Waals surface area contributed by atoms with Crippen molar-refractivity contribution in [1.82, 2.24) is 0 Å². The van der Waals surface area contributed by atoms with Gasteiger partial charge in [0.2, 0.25) is 0 Å². The van der Waals surface area contributed by atoms with E-state index in [0.717, 1.165) is 10.8 Å². The van der Waals surface area contributed by atoms with Crippen LogP contribution in [0.1, 0.15) is 20.3 Å². The molecule has 0 saturated heterocycles. The molecule has 4 aromatic rings. The first-order valence-electron chi connectivity index (χ1n) is 11.7. The number of ether oxygens (including phenoxy) is 2.